The van der Waals surface area contributed by atoms with Gasteiger partial charge >= 0.3 is 5.97 Å². The van der Waals surface area contributed by atoms with E-state index >= 15 is 0 Å². The van der Waals surface area contributed by atoms with Gasteiger partial charge in [0, 0.05) is 13.0 Å². The zero-order chi connectivity index (χ0) is 18.7. The third-order valence-electron chi connectivity index (χ3n) is 4.30. The maximum absolute atomic E-state index is 12.1. The molecular formula is C18H31NO5S. The van der Waals surface area contributed by atoms with Gasteiger partial charge < -0.3 is 15.1 Å². The molecule has 1 unspecified atom stereocenters. The van der Waals surface area contributed by atoms with Crippen molar-refractivity contribution in [1.82, 2.24) is 4.90 Å². The summed E-state index contributed by atoms with van der Waals surface area (Å²) in [5, 5.41) is 18.1. The molecule has 0 aromatic heterocycles. The topological polar surface area (TPSA) is 94.9 Å². The highest BCUT2D eigenvalue weighted by Crippen LogP contribution is 2.19. The minimum absolute atomic E-state index is 0.0416. The third-order valence-corrected chi connectivity index (χ3v) is 5.79. The van der Waals surface area contributed by atoms with Crippen LogP contribution in [0.15, 0.2) is 12.2 Å². The second-order valence-corrected chi connectivity index (χ2v) is 8.04. The zero-order valence-corrected chi connectivity index (χ0v) is 15.9. The second-order valence-electron chi connectivity index (χ2n) is 6.51. The van der Waals surface area contributed by atoms with Crippen molar-refractivity contribution in [2.24, 2.45) is 0 Å². The molecule has 7 heteroatoms. The Hall–Kier alpha value is -1.21. The average Bonchev–Trinajstić information content (AvgIpc) is 2.82. The van der Waals surface area contributed by atoms with Gasteiger partial charge in [-0.05, 0) is 19.3 Å². The number of aliphatic carboxylic acids is 1. The molecule has 0 bridgehead atoms. The van der Waals surface area contributed by atoms with E-state index < -0.39 is 28.2 Å². The van der Waals surface area contributed by atoms with Gasteiger partial charge in [-0.25, -0.2) is 0 Å². The molecule has 1 heterocycles. The smallest absolute Gasteiger partial charge is 0.303 e. The lowest BCUT2D eigenvalue weighted by atomic mass is 10.1. The summed E-state index contributed by atoms with van der Waals surface area (Å²) in [7, 11) is -1.26. The van der Waals surface area contributed by atoms with Crippen LogP contribution in [0.25, 0.3) is 0 Å². The van der Waals surface area contributed by atoms with Crippen LogP contribution in [0.1, 0.15) is 64.7 Å². The Kier molecular flexibility index (Phi) is 10.6. The molecule has 1 saturated heterocycles. The Bertz CT molecular complexity index is 480. The number of carbonyl (C=O) groups excluding carboxylic acids is 1. The highest BCUT2D eigenvalue weighted by molar-refractivity contribution is 7.87. The standard InChI is InChI=1S/C18H31NO5S/c1-2-3-6-9-15(20)11-12-17-19(16(21)14-25(17)24)13-8-5-4-7-10-18(22)23/h11-12,15,17,20H,2-10,13-14H2,1H3,(H,22,23)/t15?,17-,25+/m1/s1. The first-order chi connectivity index (χ1) is 12.0. The highest BCUT2D eigenvalue weighted by Gasteiger charge is 2.35. The minimum Gasteiger partial charge on any atom is -0.481 e. The molecule has 1 aliphatic heterocycles. The normalized spacial score (nSPS) is 22.0. The maximum atomic E-state index is 12.1. The fourth-order valence-electron chi connectivity index (χ4n) is 2.85. The Morgan fingerprint density at radius 1 is 1.28 bits per heavy atom. The predicted octanol–water partition coefficient (Wildman–Crippen LogP) is 2.44. The molecule has 1 fully saturated rings. The van der Waals surface area contributed by atoms with Gasteiger partial charge in [-0.2, -0.15) is 0 Å². The summed E-state index contributed by atoms with van der Waals surface area (Å²) in [6, 6.07) is 0. The van der Waals surface area contributed by atoms with Crippen LogP contribution in [0.5, 0.6) is 0 Å². The number of unbranched alkanes of at least 4 members (excludes halogenated alkanes) is 5. The molecule has 0 aromatic carbocycles. The lowest BCUT2D eigenvalue weighted by molar-refractivity contribution is -0.137. The molecule has 2 N–H and O–H groups in total. The number of rotatable bonds is 13. The Balaban J connectivity index is 2.40. The molecule has 1 amide bonds. The fourth-order valence-corrected chi connectivity index (χ4v) is 4.20. The molecule has 0 aliphatic carbocycles. The molecule has 0 aromatic rings. The quantitative estimate of drug-likeness (QED) is 0.382. The van der Waals surface area contributed by atoms with Crippen molar-refractivity contribution in [3.05, 3.63) is 12.2 Å². The van der Waals surface area contributed by atoms with E-state index in [0.717, 1.165) is 38.5 Å². The zero-order valence-electron chi connectivity index (χ0n) is 15.1. The van der Waals surface area contributed by atoms with E-state index in [2.05, 4.69) is 6.92 Å². The first-order valence-corrected chi connectivity index (χ1v) is 10.6. The van der Waals surface area contributed by atoms with Crippen molar-refractivity contribution in [1.29, 1.82) is 0 Å². The summed E-state index contributed by atoms with van der Waals surface area (Å²) in [5.74, 6) is -0.855. The van der Waals surface area contributed by atoms with Crippen LogP contribution in [0, 0.1) is 0 Å². The predicted molar refractivity (Wildman–Crippen MR) is 98.5 cm³/mol. The van der Waals surface area contributed by atoms with E-state index in [1.165, 1.54) is 0 Å². The number of aliphatic hydroxyl groups is 1. The van der Waals surface area contributed by atoms with Gasteiger partial charge in [0.05, 0.1) is 16.9 Å². The van der Waals surface area contributed by atoms with E-state index in [9.17, 15) is 18.9 Å². The van der Waals surface area contributed by atoms with Crippen LogP contribution in [0.3, 0.4) is 0 Å². The lowest BCUT2D eigenvalue weighted by Gasteiger charge is -2.21. The summed E-state index contributed by atoms with van der Waals surface area (Å²) >= 11 is 0. The van der Waals surface area contributed by atoms with Crippen LogP contribution < -0.4 is 0 Å². The summed E-state index contributed by atoms with van der Waals surface area (Å²) in [5.41, 5.74) is 0. The van der Waals surface area contributed by atoms with Crippen LogP contribution in [-0.2, 0) is 20.4 Å². The lowest BCUT2D eigenvalue weighted by Crippen LogP contribution is -2.34. The van der Waals surface area contributed by atoms with Gasteiger partial charge in [0.15, 0.2) is 0 Å². The maximum Gasteiger partial charge on any atom is 0.303 e. The Morgan fingerprint density at radius 2 is 2.00 bits per heavy atom. The van der Waals surface area contributed by atoms with Crippen LogP contribution in [0.4, 0.5) is 0 Å². The first-order valence-electron chi connectivity index (χ1n) is 9.20. The molecule has 0 saturated carbocycles. The van der Waals surface area contributed by atoms with Gasteiger partial charge in [-0.3, -0.25) is 13.8 Å². The molecule has 0 radical (unpaired) electrons. The summed E-state index contributed by atoms with van der Waals surface area (Å²) in [4.78, 5) is 24.1. The number of hydrogen-bond donors (Lipinski definition) is 2. The Morgan fingerprint density at radius 3 is 2.68 bits per heavy atom. The van der Waals surface area contributed by atoms with Crippen molar-refractivity contribution < 1.29 is 24.0 Å². The molecule has 3 atom stereocenters. The van der Waals surface area contributed by atoms with E-state index in [0.29, 0.717) is 19.4 Å². The van der Waals surface area contributed by atoms with Crippen molar-refractivity contribution in [3.63, 3.8) is 0 Å². The molecule has 1 aliphatic rings. The summed E-state index contributed by atoms with van der Waals surface area (Å²) < 4.78 is 12.1. The van der Waals surface area contributed by atoms with Gasteiger partial charge in [0.1, 0.15) is 11.1 Å². The van der Waals surface area contributed by atoms with E-state index in [4.69, 9.17) is 5.11 Å². The number of amides is 1. The molecular weight excluding hydrogens is 342 g/mol. The van der Waals surface area contributed by atoms with E-state index in [-0.39, 0.29) is 18.1 Å². The van der Waals surface area contributed by atoms with Crippen LogP contribution in [0.2, 0.25) is 0 Å². The second kappa shape index (κ2) is 12.2. The molecule has 144 valence electrons. The highest BCUT2D eigenvalue weighted by atomic mass is 32.2. The molecule has 1 rings (SSSR count). The van der Waals surface area contributed by atoms with Gasteiger partial charge in [-0.1, -0.05) is 51.2 Å². The van der Waals surface area contributed by atoms with Crippen LogP contribution in [-0.4, -0.2) is 55.0 Å². The number of carboxylic acid groups (broad SMARTS) is 1. The monoisotopic (exact) mass is 373 g/mol. The number of carboxylic acids is 1. The number of hydrogen-bond acceptors (Lipinski definition) is 4. The first kappa shape index (κ1) is 21.8. The van der Waals surface area contributed by atoms with Gasteiger partial charge in [0.2, 0.25) is 5.91 Å². The van der Waals surface area contributed by atoms with Crippen LogP contribution >= 0.6 is 0 Å². The number of nitrogens with zero attached hydrogens (tertiary/aromatic N) is 1. The fraction of sp³-hybridized carbons (Fsp3) is 0.778. The van der Waals surface area contributed by atoms with Crippen molar-refractivity contribution in [2.75, 3.05) is 12.3 Å². The number of aliphatic hydroxyl groups excluding tert-OH is 1. The van der Waals surface area contributed by atoms with E-state index in [1.807, 2.05) is 0 Å². The van der Waals surface area contributed by atoms with Gasteiger partial charge in [0.25, 0.3) is 0 Å². The SMILES string of the molecule is CCCCCC(O)C=C[C@@H]1N(CCCCCCC(=O)O)C(=O)C[S@@]1=O. The van der Waals surface area contributed by atoms with Gasteiger partial charge in [-0.15, -0.1) is 0 Å². The van der Waals surface area contributed by atoms with Crippen molar-refractivity contribution >= 4 is 22.7 Å². The Labute approximate surface area is 152 Å². The number of carbonyl (C=O) groups is 2. The summed E-state index contributed by atoms with van der Waals surface area (Å²) in [6.07, 6.45) is 9.87. The largest absolute Gasteiger partial charge is 0.481 e. The van der Waals surface area contributed by atoms with Crippen molar-refractivity contribution in [3.8, 4) is 0 Å². The van der Waals surface area contributed by atoms with E-state index in [1.54, 1.807) is 17.1 Å². The average molecular weight is 374 g/mol. The minimum atomic E-state index is -1.26. The van der Waals surface area contributed by atoms with Crippen molar-refractivity contribution in [2.45, 2.75) is 76.2 Å². The molecule has 6 nitrogen and oxygen atoms in total. The summed E-state index contributed by atoms with van der Waals surface area (Å²) in [6.45, 7) is 2.63. The molecule has 0 spiro atoms. The molecule has 25 heavy (non-hydrogen) atoms. The third kappa shape index (κ3) is 8.63.